The maximum absolute atomic E-state index is 13.7. The van der Waals surface area contributed by atoms with Gasteiger partial charge in [0.1, 0.15) is 5.82 Å². The highest BCUT2D eigenvalue weighted by molar-refractivity contribution is 9.10. The molecule has 0 unspecified atom stereocenters. The highest BCUT2D eigenvalue weighted by atomic mass is 79.9. The van der Waals surface area contributed by atoms with Crippen molar-refractivity contribution in [2.75, 3.05) is 5.32 Å². The second-order valence-electron chi connectivity index (χ2n) is 4.37. The number of halogens is 2. The van der Waals surface area contributed by atoms with Crippen LogP contribution in [0, 0.1) is 12.7 Å². The predicted molar refractivity (Wildman–Crippen MR) is 80.2 cm³/mol. The van der Waals surface area contributed by atoms with Gasteiger partial charge in [0.2, 0.25) is 0 Å². The number of carboxylic acids is 1. The topological polar surface area (TPSA) is 66.4 Å². The summed E-state index contributed by atoms with van der Waals surface area (Å²) in [5, 5.41) is 11.3. The average Bonchev–Trinajstić information content (AvgIpc) is 2.43. The largest absolute Gasteiger partial charge is 0.478 e. The van der Waals surface area contributed by atoms with Crippen molar-refractivity contribution in [3.05, 3.63) is 63.4 Å². The fourth-order valence-corrected chi connectivity index (χ4v) is 2.16. The molecule has 0 aliphatic rings. The Hall–Kier alpha value is -2.21. The van der Waals surface area contributed by atoms with Gasteiger partial charge in [-0.2, -0.15) is 0 Å². The van der Waals surface area contributed by atoms with E-state index in [0.717, 1.165) is 22.7 Å². The van der Waals surface area contributed by atoms with Crippen molar-refractivity contribution in [3.63, 3.8) is 0 Å². The van der Waals surface area contributed by atoms with Crippen LogP contribution in [0.5, 0.6) is 0 Å². The fourth-order valence-electron chi connectivity index (χ4n) is 1.80. The van der Waals surface area contributed by atoms with Crippen molar-refractivity contribution in [1.82, 2.24) is 0 Å². The lowest BCUT2D eigenvalue weighted by molar-refractivity contribution is 0.0696. The van der Waals surface area contributed by atoms with Crippen LogP contribution in [0.4, 0.5) is 10.1 Å². The van der Waals surface area contributed by atoms with E-state index in [2.05, 4.69) is 21.2 Å². The van der Waals surface area contributed by atoms with Crippen LogP contribution in [0.15, 0.2) is 40.9 Å². The van der Waals surface area contributed by atoms with Gasteiger partial charge >= 0.3 is 5.97 Å². The minimum Gasteiger partial charge on any atom is -0.478 e. The Morgan fingerprint density at radius 3 is 2.62 bits per heavy atom. The Kier molecular flexibility index (Phi) is 4.37. The molecule has 0 saturated heterocycles. The van der Waals surface area contributed by atoms with E-state index in [1.807, 2.05) is 0 Å². The Bertz CT molecular complexity index is 731. The van der Waals surface area contributed by atoms with Crippen LogP contribution in [0.1, 0.15) is 26.3 Å². The van der Waals surface area contributed by atoms with Crippen molar-refractivity contribution in [1.29, 1.82) is 0 Å². The van der Waals surface area contributed by atoms with Gasteiger partial charge in [0, 0.05) is 10.0 Å². The molecule has 108 valence electrons. The average molecular weight is 352 g/mol. The Labute approximate surface area is 128 Å². The molecule has 0 aromatic heterocycles. The summed E-state index contributed by atoms with van der Waals surface area (Å²) in [5.74, 6) is -2.39. The number of benzene rings is 2. The Morgan fingerprint density at radius 2 is 1.95 bits per heavy atom. The molecular weight excluding hydrogens is 341 g/mol. The van der Waals surface area contributed by atoms with Gasteiger partial charge in [-0.1, -0.05) is 22.0 Å². The summed E-state index contributed by atoms with van der Waals surface area (Å²) in [5.41, 5.74) is 0.825. The number of aromatic carboxylic acids is 1. The predicted octanol–water partition coefficient (Wildman–Crippen LogP) is 3.85. The molecule has 2 N–H and O–H groups in total. The van der Waals surface area contributed by atoms with Crippen LogP contribution in [0.2, 0.25) is 0 Å². The maximum atomic E-state index is 13.7. The van der Waals surface area contributed by atoms with E-state index in [0.29, 0.717) is 11.1 Å². The SMILES string of the molecule is Cc1c(Br)cccc1C(=O)Nc1cc(C(=O)O)ccc1F. The molecule has 0 aliphatic heterocycles. The zero-order valence-corrected chi connectivity index (χ0v) is 12.6. The van der Waals surface area contributed by atoms with Crippen LogP contribution in [0.3, 0.4) is 0 Å². The lowest BCUT2D eigenvalue weighted by Gasteiger charge is -2.10. The molecule has 6 heteroatoms. The minimum atomic E-state index is -1.19. The summed E-state index contributed by atoms with van der Waals surface area (Å²) < 4.78 is 14.4. The summed E-state index contributed by atoms with van der Waals surface area (Å²) in [6, 6.07) is 8.32. The van der Waals surface area contributed by atoms with Crippen molar-refractivity contribution in [3.8, 4) is 0 Å². The summed E-state index contributed by atoms with van der Waals surface area (Å²) in [6.45, 7) is 1.75. The van der Waals surface area contributed by atoms with Crippen molar-refractivity contribution >= 4 is 33.5 Å². The number of hydrogen-bond donors (Lipinski definition) is 2. The molecule has 2 rings (SSSR count). The normalized spacial score (nSPS) is 10.2. The molecule has 4 nitrogen and oxygen atoms in total. The van der Waals surface area contributed by atoms with Crippen LogP contribution in [-0.2, 0) is 0 Å². The van der Waals surface area contributed by atoms with E-state index in [1.54, 1.807) is 25.1 Å². The van der Waals surface area contributed by atoms with E-state index in [9.17, 15) is 14.0 Å². The van der Waals surface area contributed by atoms with Gasteiger partial charge in [0.05, 0.1) is 11.3 Å². The molecule has 0 bridgehead atoms. The first-order valence-electron chi connectivity index (χ1n) is 5.99. The molecule has 0 atom stereocenters. The number of carbonyl (C=O) groups excluding carboxylic acids is 1. The van der Waals surface area contributed by atoms with Gasteiger partial charge in [-0.15, -0.1) is 0 Å². The lowest BCUT2D eigenvalue weighted by Crippen LogP contribution is -2.15. The minimum absolute atomic E-state index is 0.0994. The Morgan fingerprint density at radius 1 is 1.24 bits per heavy atom. The number of amides is 1. The summed E-state index contributed by atoms with van der Waals surface area (Å²) in [7, 11) is 0. The van der Waals surface area contributed by atoms with E-state index in [4.69, 9.17) is 5.11 Å². The maximum Gasteiger partial charge on any atom is 0.335 e. The lowest BCUT2D eigenvalue weighted by atomic mass is 10.1. The quantitative estimate of drug-likeness (QED) is 0.882. The molecular formula is C15H11BrFNO3. The second kappa shape index (κ2) is 6.05. The zero-order chi connectivity index (χ0) is 15.6. The standard InChI is InChI=1S/C15H11BrFNO3/c1-8-10(3-2-4-11(8)16)14(19)18-13-7-9(15(20)21)5-6-12(13)17/h2-7H,1H3,(H,18,19)(H,20,21). The van der Waals surface area contributed by atoms with Gasteiger partial charge in [-0.25, -0.2) is 9.18 Å². The summed E-state index contributed by atoms with van der Waals surface area (Å²) >= 11 is 3.31. The molecule has 2 aromatic carbocycles. The first kappa shape index (κ1) is 15.2. The van der Waals surface area contributed by atoms with Gasteiger partial charge in [-0.3, -0.25) is 4.79 Å². The third-order valence-corrected chi connectivity index (χ3v) is 3.83. The van der Waals surface area contributed by atoms with Gasteiger partial charge in [0.15, 0.2) is 0 Å². The van der Waals surface area contributed by atoms with Gasteiger partial charge in [-0.05, 0) is 42.8 Å². The van der Waals surface area contributed by atoms with Crippen LogP contribution >= 0.6 is 15.9 Å². The van der Waals surface area contributed by atoms with E-state index in [1.165, 1.54) is 0 Å². The molecule has 0 fully saturated rings. The number of carboxylic acid groups (broad SMARTS) is 1. The summed E-state index contributed by atoms with van der Waals surface area (Å²) in [6.07, 6.45) is 0. The summed E-state index contributed by atoms with van der Waals surface area (Å²) in [4.78, 5) is 23.1. The van der Waals surface area contributed by atoms with Crippen LogP contribution < -0.4 is 5.32 Å². The van der Waals surface area contributed by atoms with Crippen molar-refractivity contribution in [2.24, 2.45) is 0 Å². The number of rotatable bonds is 3. The molecule has 0 heterocycles. The second-order valence-corrected chi connectivity index (χ2v) is 5.22. The molecule has 0 saturated carbocycles. The number of hydrogen-bond acceptors (Lipinski definition) is 2. The smallest absolute Gasteiger partial charge is 0.335 e. The Balaban J connectivity index is 2.33. The van der Waals surface area contributed by atoms with Gasteiger partial charge < -0.3 is 10.4 Å². The number of nitrogens with one attached hydrogen (secondary N) is 1. The van der Waals surface area contributed by atoms with Crippen molar-refractivity contribution < 1.29 is 19.1 Å². The molecule has 1 amide bonds. The first-order valence-corrected chi connectivity index (χ1v) is 6.78. The van der Waals surface area contributed by atoms with E-state index < -0.39 is 17.7 Å². The fraction of sp³-hybridized carbons (Fsp3) is 0.0667. The zero-order valence-electron chi connectivity index (χ0n) is 11.0. The van der Waals surface area contributed by atoms with Crippen LogP contribution in [0.25, 0.3) is 0 Å². The third-order valence-electron chi connectivity index (χ3n) is 2.97. The number of anilines is 1. The van der Waals surface area contributed by atoms with Crippen molar-refractivity contribution in [2.45, 2.75) is 6.92 Å². The van der Waals surface area contributed by atoms with Gasteiger partial charge in [0.25, 0.3) is 5.91 Å². The first-order chi connectivity index (χ1) is 9.90. The van der Waals surface area contributed by atoms with E-state index in [-0.39, 0.29) is 11.3 Å². The highest BCUT2D eigenvalue weighted by Gasteiger charge is 2.14. The molecule has 0 radical (unpaired) electrons. The molecule has 2 aromatic rings. The highest BCUT2D eigenvalue weighted by Crippen LogP contribution is 2.22. The number of carbonyl (C=O) groups is 2. The van der Waals surface area contributed by atoms with E-state index >= 15 is 0 Å². The molecule has 0 aliphatic carbocycles. The monoisotopic (exact) mass is 351 g/mol. The molecule has 21 heavy (non-hydrogen) atoms. The third kappa shape index (κ3) is 3.28. The van der Waals surface area contributed by atoms with Crippen LogP contribution in [-0.4, -0.2) is 17.0 Å². The molecule has 0 spiro atoms.